The Bertz CT molecular complexity index is 167. The molecular formula is C10H16O2. The van der Waals surface area contributed by atoms with E-state index in [0.717, 1.165) is 31.6 Å². The van der Waals surface area contributed by atoms with Crippen molar-refractivity contribution in [3.05, 3.63) is 24.3 Å². The summed E-state index contributed by atoms with van der Waals surface area (Å²) in [5, 5.41) is 0. The summed E-state index contributed by atoms with van der Waals surface area (Å²) in [6, 6.07) is 0. The second kappa shape index (κ2) is 5.12. The van der Waals surface area contributed by atoms with E-state index in [2.05, 4.69) is 6.58 Å². The van der Waals surface area contributed by atoms with E-state index in [9.17, 15) is 0 Å². The average Bonchev–Trinajstić information content (AvgIpc) is 2.05. The zero-order valence-electron chi connectivity index (χ0n) is 7.58. The minimum Gasteiger partial charge on any atom is -0.352 e. The van der Waals surface area contributed by atoms with Crippen LogP contribution in [-0.4, -0.2) is 19.5 Å². The summed E-state index contributed by atoms with van der Waals surface area (Å²) >= 11 is 0. The summed E-state index contributed by atoms with van der Waals surface area (Å²) in [7, 11) is 0. The third kappa shape index (κ3) is 3.69. The molecule has 1 saturated heterocycles. The first-order valence-corrected chi connectivity index (χ1v) is 4.34. The highest BCUT2D eigenvalue weighted by Crippen LogP contribution is 2.09. The van der Waals surface area contributed by atoms with Gasteiger partial charge in [0.1, 0.15) is 0 Å². The third-order valence-corrected chi connectivity index (χ3v) is 1.63. The van der Waals surface area contributed by atoms with Crippen molar-refractivity contribution in [2.45, 2.75) is 26.1 Å². The lowest BCUT2D eigenvalue weighted by molar-refractivity contribution is -0.175. The summed E-state index contributed by atoms with van der Waals surface area (Å²) in [4.78, 5) is 0. The SMILES string of the molecule is C=C(C)/C=C/CC1OCCCO1. The molecule has 12 heavy (non-hydrogen) atoms. The van der Waals surface area contributed by atoms with Gasteiger partial charge in [-0.3, -0.25) is 0 Å². The predicted molar refractivity (Wildman–Crippen MR) is 48.9 cm³/mol. The standard InChI is InChI=1S/C10H16O2/c1-9(2)5-3-6-10-11-7-4-8-12-10/h3,5,10H,1,4,6-8H2,2H3/b5-3+. The predicted octanol–water partition coefficient (Wildman–Crippen LogP) is 2.27. The molecule has 0 aliphatic carbocycles. The molecule has 0 atom stereocenters. The lowest BCUT2D eigenvalue weighted by Crippen LogP contribution is -2.23. The fourth-order valence-electron chi connectivity index (χ4n) is 1.05. The fourth-order valence-corrected chi connectivity index (χ4v) is 1.05. The largest absolute Gasteiger partial charge is 0.352 e. The van der Waals surface area contributed by atoms with E-state index < -0.39 is 0 Å². The Morgan fingerprint density at radius 3 is 2.75 bits per heavy atom. The third-order valence-electron chi connectivity index (χ3n) is 1.63. The van der Waals surface area contributed by atoms with Crippen LogP contribution in [0.15, 0.2) is 24.3 Å². The number of ether oxygens (including phenoxy) is 2. The van der Waals surface area contributed by atoms with Crippen molar-refractivity contribution >= 4 is 0 Å². The highest BCUT2D eigenvalue weighted by molar-refractivity contribution is 5.10. The summed E-state index contributed by atoms with van der Waals surface area (Å²) in [6.07, 6.45) is 5.84. The van der Waals surface area contributed by atoms with Gasteiger partial charge in [0, 0.05) is 6.42 Å². The summed E-state index contributed by atoms with van der Waals surface area (Å²) < 4.78 is 10.7. The molecule has 0 spiro atoms. The molecule has 68 valence electrons. The van der Waals surface area contributed by atoms with Crippen molar-refractivity contribution in [3.63, 3.8) is 0 Å². The van der Waals surface area contributed by atoms with Crippen LogP contribution in [0.5, 0.6) is 0 Å². The van der Waals surface area contributed by atoms with Crippen molar-refractivity contribution < 1.29 is 9.47 Å². The van der Waals surface area contributed by atoms with Gasteiger partial charge in [-0.25, -0.2) is 0 Å². The fraction of sp³-hybridized carbons (Fsp3) is 0.600. The van der Waals surface area contributed by atoms with Crippen molar-refractivity contribution in [2.24, 2.45) is 0 Å². The molecule has 0 aromatic carbocycles. The zero-order chi connectivity index (χ0) is 8.81. The first kappa shape index (κ1) is 9.49. The first-order valence-electron chi connectivity index (χ1n) is 4.34. The molecule has 0 N–H and O–H groups in total. The van der Waals surface area contributed by atoms with Gasteiger partial charge in [-0.05, 0) is 13.3 Å². The van der Waals surface area contributed by atoms with Gasteiger partial charge in [0.2, 0.25) is 0 Å². The summed E-state index contributed by atoms with van der Waals surface area (Å²) in [6.45, 7) is 7.39. The average molecular weight is 168 g/mol. The van der Waals surface area contributed by atoms with Gasteiger partial charge in [-0.15, -0.1) is 0 Å². The summed E-state index contributed by atoms with van der Waals surface area (Å²) in [5.74, 6) is 0. The Balaban J connectivity index is 2.17. The maximum atomic E-state index is 5.36. The minimum absolute atomic E-state index is 0.0330. The van der Waals surface area contributed by atoms with E-state index in [0.29, 0.717) is 0 Å². The molecule has 0 amide bonds. The van der Waals surface area contributed by atoms with Crippen LogP contribution < -0.4 is 0 Å². The number of allylic oxidation sites excluding steroid dienone is 2. The molecule has 0 unspecified atom stereocenters. The van der Waals surface area contributed by atoms with Crippen LogP contribution in [0.25, 0.3) is 0 Å². The van der Waals surface area contributed by atoms with E-state index in [1.807, 2.05) is 19.1 Å². The Morgan fingerprint density at radius 2 is 2.17 bits per heavy atom. The topological polar surface area (TPSA) is 18.5 Å². The Kier molecular flexibility index (Phi) is 4.05. The Labute approximate surface area is 73.9 Å². The van der Waals surface area contributed by atoms with Crippen molar-refractivity contribution in [1.29, 1.82) is 0 Å². The van der Waals surface area contributed by atoms with E-state index in [-0.39, 0.29) is 6.29 Å². The molecule has 1 heterocycles. The minimum atomic E-state index is -0.0330. The van der Waals surface area contributed by atoms with E-state index in [4.69, 9.17) is 9.47 Å². The van der Waals surface area contributed by atoms with Gasteiger partial charge in [-0.1, -0.05) is 24.3 Å². The van der Waals surface area contributed by atoms with Crippen molar-refractivity contribution in [1.82, 2.24) is 0 Å². The van der Waals surface area contributed by atoms with Crippen LogP contribution in [0, 0.1) is 0 Å². The molecular weight excluding hydrogens is 152 g/mol. The second-order valence-corrected chi connectivity index (χ2v) is 3.01. The quantitative estimate of drug-likeness (QED) is 0.602. The van der Waals surface area contributed by atoms with Crippen LogP contribution in [0.2, 0.25) is 0 Å². The maximum Gasteiger partial charge on any atom is 0.160 e. The van der Waals surface area contributed by atoms with Crippen molar-refractivity contribution in [2.75, 3.05) is 13.2 Å². The number of rotatable bonds is 3. The molecule has 1 rings (SSSR count). The van der Waals surface area contributed by atoms with E-state index >= 15 is 0 Å². The summed E-state index contributed by atoms with van der Waals surface area (Å²) in [5.41, 5.74) is 1.06. The number of hydrogen-bond acceptors (Lipinski definition) is 2. The Morgan fingerprint density at radius 1 is 1.50 bits per heavy atom. The molecule has 0 saturated carbocycles. The van der Waals surface area contributed by atoms with Gasteiger partial charge in [-0.2, -0.15) is 0 Å². The molecule has 1 aliphatic heterocycles. The number of hydrogen-bond donors (Lipinski definition) is 0. The lowest BCUT2D eigenvalue weighted by atomic mass is 10.2. The van der Waals surface area contributed by atoms with Crippen LogP contribution >= 0.6 is 0 Å². The van der Waals surface area contributed by atoms with Crippen LogP contribution in [0.4, 0.5) is 0 Å². The Hall–Kier alpha value is -0.600. The molecule has 2 heteroatoms. The molecule has 0 radical (unpaired) electrons. The van der Waals surface area contributed by atoms with Gasteiger partial charge in [0.15, 0.2) is 6.29 Å². The molecule has 0 bridgehead atoms. The van der Waals surface area contributed by atoms with Gasteiger partial charge < -0.3 is 9.47 Å². The smallest absolute Gasteiger partial charge is 0.160 e. The van der Waals surface area contributed by atoms with Crippen molar-refractivity contribution in [3.8, 4) is 0 Å². The van der Waals surface area contributed by atoms with Gasteiger partial charge in [0.25, 0.3) is 0 Å². The van der Waals surface area contributed by atoms with Crippen LogP contribution in [0.1, 0.15) is 19.8 Å². The normalized spacial score (nSPS) is 20.1. The molecule has 0 aromatic heterocycles. The molecule has 0 aromatic rings. The molecule has 1 fully saturated rings. The van der Waals surface area contributed by atoms with E-state index in [1.54, 1.807) is 0 Å². The van der Waals surface area contributed by atoms with Gasteiger partial charge >= 0.3 is 0 Å². The second-order valence-electron chi connectivity index (χ2n) is 3.01. The zero-order valence-corrected chi connectivity index (χ0v) is 7.58. The first-order chi connectivity index (χ1) is 5.79. The van der Waals surface area contributed by atoms with Gasteiger partial charge in [0.05, 0.1) is 13.2 Å². The highest BCUT2D eigenvalue weighted by atomic mass is 16.7. The van der Waals surface area contributed by atoms with Crippen LogP contribution in [0.3, 0.4) is 0 Å². The van der Waals surface area contributed by atoms with Crippen LogP contribution in [-0.2, 0) is 9.47 Å². The van der Waals surface area contributed by atoms with E-state index in [1.165, 1.54) is 0 Å². The molecule has 1 aliphatic rings. The monoisotopic (exact) mass is 168 g/mol. The molecule has 2 nitrogen and oxygen atoms in total. The highest BCUT2D eigenvalue weighted by Gasteiger charge is 2.11. The lowest BCUT2D eigenvalue weighted by Gasteiger charge is -2.21. The maximum absolute atomic E-state index is 5.36.